The van der Waals surface area contributed by atoms with Crippen LogP contribution in [0.25, 0.3) is 0 Å². The molecule has 2 aromatic rings. The summed E-state index contributed by atoms with van der Waals surface area (Å²) < 4.78 is 13.9. The fourth-order valence-electron chi connectivity index (χ4n) is 2.11. The molecule has 0 fully saturated rings. The van der Waals surface area contributed by atoms with Crippen molar-refractivity contribution in [1.82, 2.24) is 0 Å². The van der Waals surface area contributed by atoms with Crippen molar-refractivity contribution in [3.05, 3.63) is 65.0 Å². The van der Waals surface area contributed by atoms with Gasteiger partial charge in [-0.15, -0.1) is 0 Å². The van der Waals surface area contributed by atoms with E-state index in [1.54, 1.807) is 12.1 Å². The van der Waals surface area contributed by atoms with Crippen LogP contribution in [0.5, 0.6) is 0 Å². The Hall–Kier alpha value is -2.34. The van der Waals surface area contributed by atoms with Gasteiger partial charge in [-0.05, 0) is 37.1 Å². The predicted molar refractivity (Wildman–Crippen MR) is 78.9 cm³/mol. The first-order chi connectivity index (χ1) is 9.63. The van der Waals surface area contributed by atoms with Crippen LogP contribution in [-0.2, 0) is 0 Å². The molecule has 0 amide bonds. The van der Waals surface area contributed by atoms with E-state index in [0.717, 1.165) is 12.0 Å². The third-order valence-electron chi connectivity index (χ3n) is 3.32. The molecule has 0 aliphatic heterocycles. The van der Waals surface area contributed by atoms with E-state index in [1.165, 1.54) is 11.6 Å². The van der Waals surface area contributed by atoms with Gasteiger partial charge in [0.25, 0.3) is 0 Å². The largest absolute Gasteiger partial charge is 0.376 e. The maximum absolute atomic E-state index is 13.9. The van der Waals surface area contributed by atoms with E-state index in [2.05, 4.69) is 36.5 Å². The van der Waals surface area contributed by atoms with E-state index in [9.17, 15) is 4.39 Å². The predicted octanol–water partition coefficient (Wildman–Crippen LogP) is 4.57. The highest BCUT2D eigenvalue weighted by atomic mass is 19.1. The number of rotatable bonds is 4. The van der Waals surface area contributed by atoms with Crippen molar-refractivity contribution in [2.24, 2.45) is 0 Å². The van der Waals surface area contributed by atoms with Gasteiger partial charge < -0.3 is 5.32 Å². The zero-order chi connectivity index (χ0) is 14.5. The van der Waals surface area contributed by atoms with Gasteiger partial charge in [0.15, 0.2) is 0 Å². The quantitative estimate of drug-likeness (QED) is 0.881. The molecule has 3 heteroatoms. The fraction of sp³-hybridized carbons (Fsp3) is 0.235. The lowest BCUT2D eigenvalue weighted by molar-refractivity contribution is 0.623. The lowest BCUT2D eigenvalue weighted by atomic mass is 10.0. The van der Waals surface area contributed by atoms with E-state index in [1.807, 2.05) is 13.0 Å². The van der Waals surface area contributed by atoms with Crippen LogP contribution in [-0.4, -0.2) is 0 Å². The van der Waals surface area contributed by atoms with Gasteiger partial charge in [-0.3, -0.25) is 0 Å². The zero-order valence-corrected chi connectivity index (χ0v) is 11.7. The summed E-state index contributed by atoms with van der Waals surface area (Å²) >= 11 is 0. The summed E-state index contributed by atoms with van der Waals surface area (Å²) in [5.41, 5.74) is 3.09. The first kappa shape index (κ1) is 14.1. The Morgan fingerprint density at radius 3 is 2.45 bits per heavy atom. The second-order valence-corrected chi connectivity index (χ2v) is 4.82. The number of nitriles is 1. The van der Waals surface area contributed by atoms with Gasteiger partial charge >= 0.3 is 0 Å². The summed E-state index contributed by atoms with van der Waals surface area (Å²) in [5, 5.41) is 11.9. The third kappa shape index (κ3) is 3.16. The molecule has 1 atom stereocenters. The average Bonchev–Trinajstić information content (AvgIpc) is 2.47. The Labute approximate surface area is 118 Å². The van der Waals surface area contributed by atoms with Crippen molar-refractivity contribution < 1.29 is 4.39 Å². The summed E-state index contributed by atoms with van der Waals surface area (Å²) in [5.74, 6) is -0.394. The molecular weight excluding hydrogens is 251 g/mol. The standard InChI is InChI=1S/C17H17FN2/c1-3-16(14-7-4-12(2)5-8-14)20-17-9-6-13(11-19)10-15(17)18/h4-10,16,20H,3H2,1-2H3. The smallest absolute Gasteiger partial charge is 0.147 e. The molecule has 0 saturated carbocycles. The van der Waals surface area contributed by atoms with Gasteiger partial charge in [0.1, 0.15) is 5.82 Å². The normalized spacial score (nSPS) is 11.7. The maximum atomic E-state index is 13.9. The molecule has 0 spiro atoms. The van der Waals surface area contributed by atoms with Crippen molar-refractivity contribution in [3.63, 3.8) is 0 Å². The molecule has 0 heterocycles. The summed E-state index contributed by atoms with van der Waals surface area (Å²) in [4.78, 5) is 0. The molecule has 20 heavy (non-hydrogen) atoms. The van der Waals surface area contributed by atoms with Crippen LogP contribution in [0.15, 0.2) is 42.5 Å². The number of hydrogen-bond acceptors (Lipinski definition) is 2. The molecule has 0 aliphatic carbocycles. The van der Waals surface area contributed by atoms with Crippen molar-refractivity contribution in [2.45, 2.75) is 26.3 Å². The number of nitrogens with one attached hydrogen (secondary N) is 1. The summed E-state index contributed by atoms with van der Waals surface area (Å²) in [6.07, 6.45) is 0.850. The van der Waals surface area contributed by atoms with Gasteiger partial charge in [0, 0.05) is 0 Å². The SMILES string of the molecule is CCC(Nc1ccc(C#N)cc1F)c1ccc(C)cc1. The highest BCUT2D eigenvalue weighted by Gasteiger charge is 2.11. The fourth-order valence-corrected chi connectivity index (χ4v) is 2.11. The number of benzene rings is 2. The molecule has 2 rings (SSSR count). The van der Waals surface area contributed by atoms with Gasteiger partial charge in [-0.1, -0.05) is 36.8 Å². The van der Waals surface area contributed by atoms with Gasteiger partial charge in [-0.2, -0.15) is 5.26 Å². The minimum Gasteiger partial charge on any atom is -0.376 e. The van der Waals surface area contributed by atoms with Crippen molar-refractivity contribution in [2.75, 3.05) is 5.32 Å². The van der Waals surface area contributed by atoms with Gasteiger partial charge in [-0.25, -0.2) is 4.39 Å². The molecule has 1 N–H and O–H groups in total. The summed E-state index contributed by atoms with van der Waals surface area (Å²) in [6, 6.07) is 14.7. The Kier molecular flexibility index (Phi) is 4.37. The van der Waals surface area contributed by atoms with Crippen LogP contribution in [0.1, 0.15) is 36.1 Å². The first-order valence-electron chi connectivity index (χ1n) is 6.66. The summed E-state index contributed by atoms with van der Waals surface area (Å²) in [6.45, 7) is 4.09. The molecule has 0 aliphatic rings. The first-order valence-corrected chi connectivity index (χ1v) is 6.66. The number of nitrogens with zero attached hydrogens (tertiary/aromatic N) is 1. The van der Waals surface area contributed by atoms with E-state index < -0.39 is 5.82 Å². The van der Waals surface area contributed by atoms with Crippen LogP contribution in [0, 0.1) is 24.1 Å². The molecule has 0 aromatic heterocycles. The maximum Gasteiger partial charge on any atom is 0.147 e. The Bertz CT molecular complexity index is 626. The van der Waals surface area contributed by atoms with Crippen LogP contribution >= 0.6 is 0 Å². The average molecular weight is 268 g/mol. The zero-order valence-electron chi connectivity index (χ0n) is 11.7. The highest BCUT2D eigenvalue weighted by Crippen LogP contribution is 2.25. The van der Waals surface area contributed by atoms with E-state index in [4.69, 9.17) is 5.26 Å². The Morgan fingerprint density at radius 1 is 1.20 bits per heavy atom. The molecule has 102 valence electrons. The van der Waals surface area contributed by atoms with Gasteiger partial charge in [0.05, 0.1) is 23.4 Å². The molecule has 0 bridgehead atoms. The third-order valence-corrected chi connectivity index (χ3v) is 3.32. The van der Waals surface area contributed by atoms with Gasteiger partial charge in [0.2, 0.25) is 0 Å². The molecule has 0 radical (unpaired) electrons. The Balaban J connectivity index is 2.22. The molecular formula is C17H17FN2. The monoisotopic (exact) mass is 268 g/mol. The lowest BCUT2D eigenvalue weighted by Crippen LogP contribution is -2.10. The van der Waals surface area contributed by atoms with E-state index in [-0.39, 0.29) is 6.04 Å². The second kappa shape index (κ2) is 6.21. The summed E-state index contributed by atoms with van der Waals surface area (Å²) in [7, 11) is 0. The second-order valence-electron chi connectivity index (χ2n) is 4.82. The van der Waals surface area contributed by atoms with Crippen LogP contribution in [0.2, 0.25) is 0 Å². The number of aryl methyl sites for hydroxylation is 1. The van der Waals surface area contributed by atoms with E-state index in [0.29, 0.717) is 11.3 Å². The topological polar surface area (TPSA) is 35.8 Å². The minimum atomic E-state index is -0.394. The minimum absolute atomic E-state index is 0.0537. The van der Waals surface area contributed by atoms with Crippen LogP contribution < -0.4 is 5.32 Å². The molecule has 0 saturated heterocycles. The Morgan fingerprint density at radius 2 is 1.90 bits per heavy atom. The number of halogens is 1. The molecule has 1 unspecified atom stereocenters. The number of hydrogen-bond donors (Lipinski definition) is 1. The van der Waals surface area contributed by atoms with Crippen molar-refractivity contribution in [3.8, 4) is 6.07 Å². The number of anilines is 1. The van der Waals surface area contributed by atoms with Crippen LogP contribution in [0.4, 0.5) is 10.1 Å². The van der Waals surface area contributed by atoms with Crippen LogP contribution in [0.3, 0.4) is 0 Å². The molecule has 2 aromatic carbocycles. The van der Waals surface area contributed by atoms with Crippen molar-refractivity contribution >= 4 is 5.69 Å². The van der Waals surface area contributed by atoms with Crippen molar-refractivity contribution in [1.29, 1.82) is 5.26 Å². The van der Waals surface area contributed by atoms with E-state index >= 15 is 0 Å². The highest BCUT2D eigenvalue weighted by molar-refractivity contribution is 5.50. The molecule has 2 nitrogen and oxygen atoms in total. The lowest BCUT2D eigenvalue weighted by Gasteiger charge is -2.19.